The van der Waals surface area contributed by atoms with Crippen molar-refractivity contribution in [3.63, 3.8) is 0 Å². The minimum absolute atomic E-state index is 0.0220. The van der Waals surface area contributed by atoms with E-state index in [1.54, 1.807) is 17.0 Å². The van der Waals surface area contributed by atoms with E-state index in [1.807, 2.05) is 49.5 Å². The number of aromatic amines is 1. The van der Waals surface area contributed by atoms with E-state index in [9.17, 15) is 14.4 Å². The Labute approximate surface area is 194 Å². The molecule has 3 aromatic rings. The predicted molar refractivity (Wildman–Crippen MR) is 129 cm³/mol. The Hall–Kier alpha value is -2.68. The first-order valence-corrected chi connectivity index (χ1v) is 11.5. The van der Waals surface area contributed by atoms with Gasteiger partial charge in [-0.25, -0.2) is 4.90 Å². The zero-order chi connectivity index (χ0) is 22.0. The van der Waals surface area contributed by atoms with Gasteiger partial charge in [0.25, 0.3) is 5.91 Å². The highest BCUT2D eigenvalue weighted by atomic mass is 127. The summed E-state index contributed by atoms with van der Waals surface area (Å²) in [6.45, 7) is 2.33. The molecule has 1 saturated heterocycles. The molecule has 0 saturated carbocycles. The van der Waals surface area contributed by atoms with Gasteiger partial charge < -0.3 is 9.88 Å². The lowest BCUT2D eigenvalue weighted by Crippen LogP contribution is -2.46. The highest BCUT2D eigenvalue weighted by Gasteiger charge is 2.44. The molecule has 0 bridgehead atoms. The van der Waals surface area contributed by atoms with E-state index in [0.717, 1.165) is 20.0 Å². The standard InChI is InChI=1S/C24H24IN3O3/c1-2-5-22(29)27(13-12-16-15-26-20-7-4-3-6-19(16)20)21-14-23(30)28(24(21)31)18-10-8-17(25)9-11-18/h3-4,6-11,15,21,26H,2,5,12-14H2,1H3. The fraction of sp³-hybridized carbons (Fsp3) is 0.292. The molecule has 7 heteroatoms. The number of amides is 3. The van der Waals surface area contributed by atoms with Crippen LogP contribution in [0.2, 0.25) is 0 Å². The summed E-state index contributed by atoms with van der Waals surface area (Å²) < 4.78 is 1.02. The number of imide groups is 1. The summed E-state index contributed by atoms with van der Waals surface area (Å²) in [7, 11) is 0. The molecule has 0 radical (unpaired) electrons. The topological polar surface area (TPSA) is 73.5 Å². The minimum Gasteiger partial charge on any atom is -0.361 e. The molecule has 31 heavy (non-hydrogen) atoms. The number of para-hydroxylation sites is 1. The quantitative estimate of drug-likeness (QED) is 0.367. The van der Waals surface area contributed by atoms with Crippen molar-refractivity contribution in [2.75, 3.05) is 11.4 Å². The lowest BCUT2D eigenvalue weighted by molar-refractivity contribution is -0.138. The lowest BCUT2D eigenvalue weighted by Gasteiger charge is -2.27. The zero-order valence-electron chi connectivity index (χ0n) is 17.3. The maximum absolute atomic E-state index is 13.2. The molecule has 1 aliphatic heterocycles. The van der Waals surface area contributed by atoms with E-state index < -0.39 is 6.04 Å². The van der Waals surface area contributed by atoms with E-state index in [0.29, 0.717) is 31.5 Å². The summed E-state index contributed by atoms with van der Waals surface area (Å²) in [6.07, 6.45) is 3.63. The Morgan fingerprint density at radius 1 is 1.16 bits per heavy atom. The fourth-order valence-electron chi connectivity index (χ4n) is 4.11. The Balaban J connectivity index is 1.57. The molecule has 2 heterocycles. The van der Waals surface area contributed by atoms with Gasteiger partial charge in [0.05, 0.1) is 12.1 Å². The average Bonchev–Trinajstić information content (AvgIpc) is 3.30. The van der Waals surface area contributed by atoms with E-state index >= 15 is 0 Å². The van der Waals surface area contributed by atoms with Crippen LogP contribution >= 0.6 is 22.6 Å². The highest BCUT2D eigenvalue weighted by molar-refractivity contribution is 14.1. The number of fused-ring (bicyclic) bond motifs is 1. The molecule has 2 aromatic carbocycles. The van der Waals surface area contributed by atoms with Crippen LogP contribution in [0.3, 0.4) is 0 Å². The summed E-state index contributed by atoms with van der Waals surface area (Å²) in [5, 5.41) is 1.11. The molecular formula is C24H24IN3O3. The number of nitrogens with one attached hydrogen (secondary N) is 1. The maximum atomic E-state index is 13.2. The average molecular weight is 529 g/mol. The van der Waals surface area contributed by atoms with Crippen molar-refractivity contribution in [3.05, 3.63) is 63.9 Å². The third-order valence-electron chi connectivity index (χ3n) is 5.67. The Bertz CT molecular complexity index is 1120. The summed E-state index contributed by atoms with van der Waals surface area (Å²) in [4.78, 5) is 45.0. The molecule has 1 aliphatic rings. The van der Waals surface area contributed by atoms with Gasteiger partial charge in [-0.05, 0) is 71.3 Å². The Morgan fingerprint density at radius 3 is 2.65 bits per heavy atom. The van der Waals surface area contributed by atoms with Crippen molar-refractivity contribution in [3.8, 4) is 0 Å². The molecule has 1 atom stereocenters. The van der Waals surface area contributed by atoms with Crippen LogP contribution in [0.15, 0.2) is 54.7 Å². The van der Waals surface area contributed by atoms with E-state index in [2.05, 4.69) is 27.6 Å². The largest absolute Gasteiger partial charge is 0.361 e. The third-order valence-corrected chi connectivity index (χ3v) is 6.38. The molecule has 1 N–H and O–H groups in total. The summed E-state index contributed by atoms with van der Waals surface area (Å²) in [6, 6.07) is 14.5. The third kappa shape index (κ3) is 4.37. The highest BCUT2D eigenvalue weighted by Crippen LogP contribution is 2.27. The van der Waals surface area contributed by atoms with E-state index in [1.165, 1.54) is 4.90 Å². The second-order valence-corrected chi connectivity index (χ2v) is 8.96. The number of anilines is 1. The van der Waals surface area contributed by atoms with Crippen LogP contribution in [0.4, 0.5) is 5.69 Å². The van der Waals surface area contributed by atoms with Gasteiger partial charge in [-0.3, -0.25) is 14.4 Å². The van der Waals surface area contributed by atoms with Gasteiger partial charge in [0.1, 0.15) is 6.04 Å². The first-order chi connectivity index (χ1) is 15.0. The molecule has 160 valence electrons. The number of benzene rings is 2. The van der Waals surface area contributed by atoms with Gasteiger partial charge in [0.2, 0.25) is 11.8 Å². The van der Waals surface area contributed by atoms with Crippen molar-refractivity contribution in [2.24, 2.45) is 0 Å². The van der Waals surface area contributed by atoms with Crippen molar-refractivity contribution in [1.82, 2.24) is 9.88 Å². The van der Waals surface area contributed by atoms with Crippen LogP contribution in [0.25, 0.3) is 10.9 Å². The van der Waals surface area contributed by atoms with Gasteiger partial charge in [0.15, 0.2) is 0 Å². The summed E-state index contributed by atoms with van der Waals surface area (Å²) >= 11 is 2.18. The smallest absolute Gasteiger partial charge is 0.257 e. The van der Waals surface area contributed by atoms with Crippen molar-refractivity contribution < 1.29 is 14.4 Å². The van der Waals surface area contributed by atoms with Gasteiger partial charge in [-0.1, -0.05) is 25.1 Å². The molecule has 1 aromatic heterocycles. The predicted octanol–water partition coefficient (Wildman–Crippen LogP) is 4.28. The van der Waals surface area contributed by atoms with Crippen LogP contribution in [-0.4, -0.2) is 40.2 Å². The number of nitrogens with zero attached hydrogens (tertiary/aromatic N) is 2. The van der Waals surface area contributed by atoms with Crippen LogP contribution in [0, 0.1) is 3.57 Å². The number of hydrogen-bond donors (Lipinski definition) is 1. The number of carbonyl (C=O) groups excluding carboxylic acids is 3. The summed E-state index contributed by atoms with van der Waals surface area (Å²) in [5.41, 5.74) is 2.69. The minimum atomic E-state index is -0.754. The SMILES string of the molecule is CCCC(=O)N(CCc1c[nH]c2ccccc12)C1CC(=O)N(c2ccc(I)cc2)C1=O. The van der Waals surface area contributed by atoms with Crippen LogP contribution in [0.5, 0.6) is 0 Å². The van der Waals surface area contributed by atoms with Crippen LogP contribution in [0.1, 0.15) is 31.7 Å². The first kappa shape index (κ1) is 21.5. The fourth-order valence-corrected chi connectivity index (χ4v) is 4.47. The zero-order valence-corrected chi connectivity index (χ0v) is 19.5. The van der Waals surface area contributed by atoms with Crippen LogP contribution in [-0.2, 0) is 20.8 Å². The van der Waals surface area contributed by atoms with Gasteiger partial charge >= 0.3 is 0 Å². The van der Waals surface area contributed by atoms with Gasteiger partial charge in [-0.15, -0.1) is 0 Å². The monoisotopic (exact) mass is 529 g/mol. The van der Waals surface area contributed by atoms with Gasteiger partial charge in [0, 0.05) is 33.6 Å². The first-order valence-electron chi connectivity index (χ1n) is 10.5. The Morgan fingerprint density at radius 2 is 1.90 bits per heavy atom. The molecule has 3 amide bonds. The van der Waals surface area contributed by atoms with E-state index in [4.69, 9.17) is 0 Å². The molecule has 0 spiro atoms. The normalized spacial score (nSPS) is 16.3. The van der Waals surface area contributed by atoms with Crippen molar-refractivity contribution in [2.45, 2.75) is 38.6 Å². The van der Waals surface area contributed by atoms with Gasteiger partial charge in [-0.2, -0.15) is 0 Å². The second kappa shape index (κ2) is 9.21. The van der Waals surface area contributed by atoms with E-state index in [-0.39, 0.29) is 24.1 Å². The number of H-pyrrole nitrogens is 1. The molecule has 1 fully saturated rings. The van der Waals surface area contributed by atoms with Crippen molar-refractivity contribution >= 4 is 56.9 Å². The molecule has 6 nitrogen and oxygen atoms in total. The van der Waals surface area contributed by atoms with Crippen molar-refractivity contribution in [1.29, 1.82) is 0 Å². The number of hydrogen-bond acceptors (Lipinski definition) is 3. The lowest BCUT2D eigenvalue weighted by atomic mass is 10.1. The number of aromatic nitrogens is 1. The van der Waals surface area contributed by atoms with Crippen LogP contribution < -0.4 is 4.90 Å². The number of carbonyl (C=O) groups is 3. The second-order valence-electron chi connectivity index (χ2n) is 7.71. The summed E-state index contributed by atoms with van der Waals surface area (Å²) in [5.74, 6) is -0.676. The molecular weight excluding hydrogens is 505 g/mol. The molecule has 0 aliphatic carbocycles. The maximum Gasteiger partial charge on any atom is 0.257 e. The Kier molecular flexibility index (Phi) is 6.41. The molecule has 4 rings (SSSR count). The number of rotatable bonds is 7. The molecule has 1 unspecified atom stereocenters. The number of halogens is 1.